The Morgan fingerprint density at radius 3 is 2.86 bits per heavy atom. The first-order valence-electron chi connectivity index (χ1n) is 6.93. The van der Waals surface area contributed by atoms with Gasteiger partial charge in [0.1, 0.15) is 12.4 Å². The van der Waals surface area contributed by atoms with Crippen LogP contribution in [0, 0.1) is 5.82 Å². The van der Waals surface area contributed by atoms with Gasteiger partial charge in [0.2, 0.25) is 0 Å². The number of rotatable bonds is 4. The number of fused-ring (bicyclic) bond motifs is 1. The third-order valence-corrected chi connectivity index (χ3v) is 3.78. The van der Waals surface area contributed by atoms with Gasteiger partial charge in [0, 0.05) is 0 Å². The highest BCUT2D eigenvalue weighted by Crippen LogP contribution is 2.33. The SMILES string of the molecule is COc1ccc(COc2ccc3c(c2)CC[C@@H]3O)cc1F. The Morgan fingerprint density at radius 1 is 1.24 bits per heavy atom. The van der Waals surface area contributed by atoms with Crippen LogP contribution in [0.15, 0.2) is 36.4 Å². The lowest BCUT2D eigenvalue weighted by molar-refractivity contribution is 0.180. The maximum Gasteiger partial charge on any atom is 0.165 e. The van der Waals surface area contributed by atoms with Gasteiger partial charge < -0.3 is 14.6 Å². The van der Waals surface area contributed by atoms with Crippen molar-refractivity contribution in [2.24, 2.45) is 0 Å². The first-order valence-corrected chi connectivity index (χ1v) is 6.93. The molecule has 4 heteroatoms. The van der Waals surface area contributed by atoms with Gasteiger partial charge in [-0.25, -0.2) is 4.39 Å². The molecule has 1 atom stereocenters. The Hall–Kier alpha value is -2.07. The summed E-state index contributed by atoms with van der Waals surface area (Å²) in [6.45, 7) is 0.294. The number of aliphatic hydroxyl groups excluding tert-OH is 1. The molecule has 1 N–H and O–H groups in total. The highest BCUT2D eigenvalue weighted by Gasteiger charge is 2.20. The zero-order chi connectivity index (χ0) is 14.8. The third-order valence-electron chi connectivity index (χ3n) is 3.78. The smallest absolute Gasteiger partial charge is 0.165 e. The summed E-state index contributed by atoms with van der Waals surface area (Å²) < 4.78 is 24.2. The molecule has 2 aromatic rings. The summed E-state index contributed by atoms with van der Waals surface area (Å²) in [4.78, 5) is 0. The normalized spacial score (nSPS) is 16.6. The molecule has 0 spiro atoms. The number of aryl methyl sites for hydroxylation is 1. The van der Waals surface area contributed by atoms with Gasteiger partial charge in [0.25, 0.3) is 0 Å². The van der Waals surface area contributed by atoms with Gasteiger partial charge in [0.15, 0.2) is 11.6 Å². The van der Waals surface area contributed by atoms with Crippen LogP contribution in [0.5, 0.6) is 11.5 Å². The van der Waals surface area contributed by atoms with Gasteiger partial charge in [-0.2, -0.15) is 0 Å². The molecule has 1 aliphatic rings. The summed E-state index contributed by atoms with van der Waals surface area (Å²) in [7, 11) is 1.44. The van der Waals surface area contributed by atoms with E-state index in [1.165, 1.54) is 13.2 Å². The first-order chi connectivity index (χ1) is 10.2. The summed E-state index contributed by atoms with van der Waals surface area (Å²) in [6.07, 6.45) is 1.28. The van der Waals surface area contributed by atoms with Crippen molar-refractivity contribution < 1.29 is 19.0 Å². The van der Waals surface area contributed by atoms with Crippen molar-refractivity contribution in [1.29, 1.82) is 0 Å². The molecule has 21 heavy (non-hydrogen) atoms. The van der Waals surface area contributed by atoms with E-state index in [-0.39, 0.29) is 11.9 Å². The molecule has 0 saturated carbocycles. The highest BCUT2D eigenvalue weighted by atomic mass is 19.1. The van der Waals surface area contributed by atoms with E-state index in [2.05, 4.69) is 0 Å². The van der Waals surface area contributed by atoms with Crippen molar-refractivity contribution in [3.05, 3.63) is 58.9 Å². The van der Waals surface area contributed by atoms with E-state index < -0.39 is 5.82 Å². The molecule has 0 aromatic heterocycles. The van der Waals surface area contributed by atoms with E-state index in [9.17, 15) is 9.50 Å². The van der Waals surface area contributed by atoms with E-state index in [1.807, 2.05) is 18.2 Å². The average molecular weight is 288 g/mol. The zero-order valence-electron chi connectivity index (χ0n) is 11.8. The lowest BCUT2D eigenvalue weighted by Gasteiger charge is -2.10. The van der Waals surface area contributed by atoms with Gasteiger partial charge >= 0.3 is 0 Å². The molecule has 3 nitrogen and oxygen atoms in total. The van der Waals surface area contributed by atoms with Crippen molar-refractivity contribution in [2.45, 2.75) is 25.6 Å². The number of methoxy groups -OCH3 is 1. The Kier molecular flexibility index (Phi) is 3.80. The number of aliphatic hydroxyl groups is 1. The van der Waals surface area contributed by atoms with E-state index in [0.717, 1.165) is 35.3 Å². The predicted octanol–water partition coefficient (Wildman–Crippen LogP) is 3.39. The molecule has 0 bridgehead atoms. The Labute approximate surface area is 122 Å². The minimum absolute atomic E-state index is 0.227. The minimum atomic E-state index is -0.393. The number of halogens is 1. The molecule has 110 valence electrons. The van der Waals surface area contributed by atoms with Gasteiger partial charge in [-0.15, -0.1) is 0 Å². The summed E-state index contributed by atoms with van der Waals surface area (Å²) in [5.74, 6) is 0.569. The van der Waals surface area contributed by atoms with E-state index in [0.29, 0.717) is 6.61 Å². The standard InChI is InChI=1S/C17H17FO3/c1-20-17-7-2-11(8-15(17)18)10-21-13-4-5-14-12(9-13)3-6-16(14)19/h2,4-5,7-9,16,19H,3,6,10H2,1H3/t16-/m0/s1. The molecule has 3 rings (SSSR count). The highest BCUT2D eigenvalue weighted by molar-refractivity contribution is 5.40. The summed E-state index contributed by atoms with van der Waals surface area (Å²) in [5, 5.41) is 9.77. The molecular formula is C17H17FO3. The van der Waals surface area contributed by atoms with Crippen molar-refractivity contribution in [3.63, 3.8) is 0 Å². The Balaban J connectivity index is 1.69. The summed E-state index contributed by atoms with van der Waals surface area (Å²) in [5.41, 5.74) is 2.85. The molecule has 0 unspecified atom stereocenters. The van der Waals surface area contributed by atoms with Crippen LogP contribution in [-0.4, -0.2) is 12.2 Å². The van der Waals surface area contributed by atoms with Gasteiger partial charge in [-0.1, -0.05) is 12.1 Å². The van der Waals surface area contributed by atoms with Crippen LogP contribution < -0.4 is 9.47 Å². The van der Waals surface area contributed by atoms with Crippen molar-refractivity contribution in [1.82, 2.24) is 0 Å². The van der Waals surface area contributed by atoms with Gasteiger partial charge in [0.05, 0.1) is 13.2 Å². The molecule has 0 amide bonds. The summed E-state index contributed by atoms with van der Waals surface area (Å²) in [6, 6.07) is 10.5. The predicted molar refractivity (Wildman–Crippen MR) is 77.0 cm³/mol. The van der Waals surface area contributed by atoms with Crippen LogP contribution in [0.3, 0.4) is 0 Å². The van der Waals surface area contributed by atoms with Crippen LogP contribution in [0.25, 0.3) is 0 Å². The first kappa shape index (κ1) is 13.9. The molecule has 0 heterocycles. The molecular weight excluding hydrogens is 271 g/mol. The number of ether oxygens (including phenoxy) is 2. The molecule has 0 saturated heterocycles. The second kappa shape index (κ2) is 5.74. The average Bonchev–Trinajstić information content (AvgIpc) is 2.86. The largest absolute Gasteiger partial charge is 0.494 e. The van der Waals surface area contributed by atoms with Crippen LogP contribution >= 0.6 is 0 Å². The fourth-order valence-corrected chi connectivity index (χ4v) is 2.63. The maximum absolute atomic E-state index is 13.6. The lowest BCUT2D eigenvalue weighted by Crippen LogP contribution is -1.98. The number of benzene rings is 2. The third kappa shape index (κ3) is 2.85. The van der Waals surface area contributed by atoms with Crippen molar-refractivity contribution in [3.8, 4) is 11.5 Å². The fourth-order valence-electron chi connectivity index (χ4n) is 2.63. The summed E-state index contributed by atoms with van der Waals surface area (Å²) >= 11 is 0. The lowest BCUT2D eigenvalue weighted by atomic mass is 10.1. The minimum Gasteiger partial charge on any atom is -0.494 e. The monoisotopic (exact) mass is 288 g/mol. The van der Waals surface area contributed by atoms with Crippen LogP contribution in [0.4, 0.5) is 4.39 Å². The number of hydrogen-bond donors (Lipinski definition) is 1. The zero-order valence-corrected chi connectivity index (χ0v) is 11.8. The maximum atomic E-state index is 13.6. The molecule has 0 aliphatic heterocycles. The second-order valence-electron chi connectivity index (χ2n) is 5.17. The molecule has 0 fully saturated rings. The molecule has 1 aliphatic carbocycles. The van der Waals surface area contributed by atoms with Crippen LogP contribution in [0.1, 0.15) is 29.2 Å². The van der Waals surface area contributed by atoms with E-state index >= 15 is 0 Å². The Bertz CT molecular complexity index is 654. The van der Waals surface area contributed by atoms with Crippen molar-refractivity contribution >= 4 is 0 Å². The quantitative estimate of drug-likeness (QED) is 0.937. The van der Waals surface area contributed by atoms with Crippen molar-refractivity contribution in [2.75, 3.05) is 7.11 Å². The molecule has 0 radical (unpaired) electrons. The molecule has 2 aromatic carbocycles. The fraction of sp³-hybridized carbons (Fsp3) is 0.294. The van der Waals surface area contributed by atoms with Crippen LogP contribution in [0.2, 0.25) is 0 Å². The second-order valence-corrected chi connectivity index (χ2v) is 5.17. The van der Waals surface area contributed by atoms with Crippen LogP contribution in [-0.2, 0) is 13.0 Å². The Morgan fingerprint density at radius 2 is 2.10 bits per heavy atom. The number of hydrogen-bond acceptors (Lipinski definition) is 3. The van der Waals surface area contributed by atoms with Gasteiger partial charge in [-0.05, 0) is 53.8 Å². The van der Waals surface area contributed by atoms with E-state index in [4.69, 9.17) is 9.47 Å². The topological polar surface area (TPSA) is 38.7 Å². The van der Waals surface area contributed by atoms with Gasteiger partial charge in [-0.3, -0.25) is 0 Å². The van der Waals surface area contributed by atoms with E-state index in [1.54, 1.807) is 12.1 Å².